The molecule has 0 saturated carbocycles. The topological polar surface area (TPSA) is 29.3 Å². The average Bonchev–Trinajstić information content (AvgIpc) is 3.87. The zero-order valence-electron chi connectivity index (χ0n) is 30.8. The van der Waals surface area contributed by atoms with Gasteiger partial charge in [0.05, 0.1) is 5.69 Å². The van der Waals surface area contributed by atoms with Crippen LogP contribution in [0.4, 0.5) is 17.1 Å². The Kier molecular flexibility index (Phi) is 8.01. The third-order valence-electron chi connectivity index (χ3n) is 10.9. The Morgan fingerprint density at radius 1 is 0.386 bits per heavy atom. The van der Waals surface area contributed by atoms with Crippen molar-refractivity contribution in [3.8, 4) is 44.8 Å². The van der Waals surface area contributed by atoms with E-state index in [4.69, 9.17) is 9.40 Å². The van der Waals surface area contributed by atoms with Crippen molar-refractivity contribution < 1.29 is 4.42 Å². The van der Waals surface area contributed by atoms with Crippen LogP contribution in [0.15, 0.2) is 211 Å². The zero-order valence-corrected chi connectivity index (χ0v) is 31.7. The molecule has 57 heavy (non-hydrogen) atoms. The van der Waals surface area contributed by atoms with Gasteiger partial charge in [-0.25, -0.2) is 4.98 Å². The minimum Gasteiger partial charge on any atom is -0.436 e. The van der Waals surface area contributed by atoms with Crippen LogP contribution in [0.25, 0.3) is 86.9 Å². The highest BCUT2D eigenvalue weighted by Crippen LogP contribution is 2.44. The molecule has 3 nitrogen and oxygen atoms in total. The minimum absolute atomic E-state index is 0.651. The van der Waals surface area contributed by atoms with E-state index in [1.54, 1.807) is 11.3 Å². The van der Waals surface area contributed by atoms with Crippen LogP contribution < -0.4 is 4.90 Å². The van der Waals surface area contributed by atoms with Crippen molar-refractivity contribution in [1.82, 2.24) is 4.98 Å². The van der Waals surface area contributed by atoms with Gasteiger partial charge in [0.25, 0.3) is 0 Å². The summed E-state index contributed by atoms with van der Waals surface area (Å²) in [7, 11) is 0. The average molecular weight is 747 g/mol. The zero-order chi connectivity index (χ0) is 37.7. The van der Waals surface area contributed by atoms with E-state index in [1.165, 1.54) is 64.3 Å². The van der Waals surface area contributed by atoms with Crippen LogP contribution in [-0.4, -0.2) is 4.98 Å². The predicted molar refractivity (Wildman–Crippen MR) is 241 cm³/mol. The Hall–Kier alpha value is -7.27. The van der Waals surface area contributed by atoms with E-state index in [0.29, 0.717) is 5.89 Å². The molecule has 0 saturated heterocycles. The van der Waals surface area contributed by atoms with Gasteiger partial charge in [0.1, 0.15) is 5.52 Å². The fraction of sp³-hybridized carbons (Fsp3) is 0. The first-order valence-electron chi connectivity index (χ1n) is 19.2. The van der Waals surface area contributed by atoms with E-state index in [1.807, 2.05) is 30.3 Å². The minimum atomic E-state index is 0.651. The van der Waals surface area contributed by atoms with Crippen molar-refractivity contribution >= 4 is 70.4 Å². The van der Waals surface area contributed by atoms with E-state index >= 15 is 0 Å². The summed E-state index contributed by atoms with van der Waals surface area (Å²) >= 11 is 1.80. The van der Waals surface area contributed by atoms with E-state index in [-0.39, 0.29) is 0 Å². The highest BCUT2D eigenvalue weighted by atomic mass is 32.1. The highest BCUT2D eigenvalue weighted by molar-refractivity contribution is 7.25. The summed E-state index contributed by atoms with van der Waals surface area (Å²) in [5.41, 5.74) is 13.1. The van der Waals surface area contributed by atoms with Gasteiger partial charge in [0, 0.05) is 48.6 Å². The van der Waals surface area contributed by atoms with Crippen LogP contribution in [-0.2, 0) is 0 Å². The van der Waals surface area contributed by atoms with Crippen molar-refractivity contribution in [2.24, 2.45) is 0 Å². The molecule has 0 bridgehead atoms. The Morgan fingerprint density at radius 2 is 0.930 bits per heavy atom. The molecule has 0 spiro atoms. The van der Waals surface area contributed by atoms with Crippen molar-refractivity contribution in [2.45, 2.75) is 0 Å². The Balaban J connectivity index is 0.993. The van der Waals surface area contributed by atoms with E-state index in [0.717, 1.165) is 33.7 Å². The van der Waals surface area contributed by atoms with Crippen LogP contribution >= 0.6 is 11.3 Å². The van der Waals surface area contributed by atoms with Crippen LogP contribution in [0.2, 0.25) is 0 Å². The maximum absolute atomic E-state index is 6.22. The maximum Gasteiger partial charge on any atom is 0.227 e. The van der Waals surface area contributed by atoms with Crippen molar-refractivity contribution in [2.75, 3.05) is 4.90 Å². The summed E-state index contributed by atoms with van der Waals surface area (Å²) in [4.78, 5) is 7.24. The van der Waals surface area contributed by atoms with Gasteiger partial charge in [0.15, 0.2) is 5.58 Å². The molecule has 0 aliphatic carbocycles. The van der Waals surface area contributed by atoms with Gasteiger partial charge < -0.3 is 9.32 Å². The maximum atomic E-state index is 6.22. The van der Waals surface area contributed by atoms with E-state index in [2.05, 4.69) is 181 Å². The second-order valence-electron chi connectivity index (χ2n) is 14.4. The third kappa shape index (κ3) is 6.04. The molecule has 0 N–H and O–H groups in total. The number of rotatable bonds is 7. The fourth-order valence-corrected chi connectivity index (χ4v) is 9.17. The second-order valence-corrected chi connectivity index (χ2v) is 15.5. The first-order valence-corrected chi connectivity index (χ1v) is 20.0. The fourth-order valence-electron chi connectivity index (χ4n) is 8.02. The number of oxazole rings is 1. The molecule has 0 radical (unpaired) electrons. The number of hydrogen-bond acceptors (Lipinski definition) is 4. The molecule has 0 fully saturated rings. The van der Waals surface area contributed by atoms with Gasteiger partial charge in [-0.15, -0.1) is 11.3 Å². The van der Waals surface area contributed by atoms with E-state index < -0.39 is 0 Å². The SMILES string of the molecule is c1ccc(-c2ccc(N(c3ccc(-c4ccc5c(c4)sc4cc6oc(-c7ccccc7)nc6cc45)cc3)c3cc(-c4ccccc4)cc4ccccc34)cc2)cc1. The summed E-state index contributed by atoms with van der Waals surface area (Å²) in [6.45, 7) is 0. The van der Waals surface area contributed by atoms with Crippen molar-refractivity contribution in [3.05, 3.63) is 206 Å². The number of nitrogens with zero attached hydrogens (tertiary/aromatic N) is 2. The molecule has 0 atom stereocenters. The normalized spacial score (nSPS) is 11.5. The first kappa shape index (κ1) is 33.1. The Labute approximate surface area is 334 Å². The number of fused-ring (bicyclic) bond motifs is 5. The predicted octanol–water partition coefficient (Wildman–Crippen LogP) is 15.5. The molecular formula is C53H34N2OS. The number of aromatic nitrogens is 1. The standard InChI is InChI=1S/C53H34N2OS/c1-4-12-35(13-5-1)37-20-25-43(26-21-37)55(49-31-42(36-14-6-2-7-15-36)30-41-18-10-11-19-45(41)49)44-27-22-38(23-28-44)40-24-29-46-47-33-48-50(34-52(47)57-51(46)32-40)56-53(54-48)39-16-8-3-9-17-39/h1-34H. The Morgan fingerprint density at radius 3 is 1.61 bits per heavy atom. The smallest absolute Gasteiger partial charge is 0.227 e. The van der Waals surface area contributed by atoms with Crippen LogP contribution in [0, 0.1) is 0 Å². The molecule has 11 aromatic rings. The molecule has 2 heterocycles. The van der Waals surface area contributed by atoms with E-state index in [9.17, 15) is 0 Å². The molecule has 0 unspecified atom stereocenters. The molecular weight excluding hydrogens is 713 g/mol. The van der Waals surface area contributed by atoms with Gasteiger partial charge in [0.2, 0.25) is 5.89 Å². The summed E-state index contributed by atoms with van der Waals surface area (Å²) in [6, 6.07) is 73.7. The van der Waals surface area contributed by atoms with Crippen LogP contribution in [0.3, 0.4) is 0 Å². The number of hydrogen-bond donors (Lipinski definition) is 0. The largest absolute Gasteiger partial charge is 0.436 e. The molecule has 9 aromatic carbocycles. The van der Waals surface area contributed by atoms with Crippen molar-refractivity contribution in [3.63, 3.8) is 0 Å². The molecule has 0 aliphatic heterocycles. The number of thiophene rings is 1. The van der Waals surface area contributed by atoms with Gasteiger partial charge in [-0.1, -0.05) is 140 Å². The van der Waals surface area contributed by atoms with Crippen LogP contribution in [0.5, 0.6) is 0 Å². The molecule has 0 aliphatic rings. The van der Waals surface area contributed by atoms with Crippen LogP contribution in [0.1, 0.15) is 0 Å². The summed E-state index contributed by atoms with van der Waals surface area (Å²) < 4.78 is 8.65. The Bertz CT molecular complexity index is 3210. The summed E-state index contributed by atoms with van der Waals surface area (Å²) in [5.74, 6) is 0.651. The molecule has 11 rings (SSSR count). The van der Waals surface area contributed by atoms with Gasteiger partial charge in [-0.2, -0.15) is 0 Å². The lowest BCUT2D eigenvalue weighted by atomic mass is 9.98. The number of benzene rings is 9. The molecule has 268 valence electrons. The third-order valence-corrected chi connectivity index (χ3v) is 12.0. The lowest BCUT2D eigenvalue weighted by Gasteiger charge is -2.28. The van der Waals surface area contributed by atoms with Gasteiger partial charge >= 0.3 is 0 Å². The molecule has 0 amide bonds. The second kappa shape index (κ2) is 13.8. The van der Waals surface area contributed by atoms with Gasteiger partial charge in [-0.05, 0) is 99.4 Å². The molecule has 2 aromatic heterocycles. The van der Waals surface area contributed by atoms with Crippen molar-refractivity contribution in [1.29, 1.82) is 0 Å². The summed E-state index contributed by atoms with van der Waals surface area (Å²) in [5, 5.41) is 4.84. The lowest BCUT2D eigenvalue weighted by molar-refractivity contribution is 0.620. The van der Waals surface area contributed by atoms with Gasteiger partial charge in [-0.3, -0.25) is 0 Å². The molecule has 4 heteroatoms. The lowest BCUT2D eigenvalue weighted by Crippen LogP contribution is -2.10. The quantitative estimate of drug-likeness (QED) is 0.163. The summed E-state index contributed by atoms with van der Waals surface area (Å²) in [6.07, 6.45) is 0. The monoisotopic (exact) mass is 746 g/mol. The first-order chi connectivity index (χ1) is 28.2. The number of anilines is 3. The highest BCUT2D eigenvalue weighted by Gasteiger charge is 2.19.